The first-order chi connectivity index (χ1) is 8.44. The number of hydrogen-bond donors (Lipinski definition) is 0. The zero-order valence-electron chi connectivity index (χ0n) is 12.5. The summed E-state index contributed by atoms with van der Waals surface area (Å²) < 4.78 is 10.4. The largest absolute Gasteiger partial charge is 0.460 e. The lowest BCUT2D eigenvalue weighted by Gasteiger charge is -2.21. The third-order valence-corrected chi connectivity index (χ3v) is 2.36. The fraction of sp³-hybridized carbons (Fsp3) is 0.714. The van der Waals surface area contributed by atoms with E-state index in [-0.39, 0.29) is 18.8 Å². The van der Waals surface area contributed by atoms with Crippen molar-refractivity contribution in [2.24, 2.45) is 0 Å². The quantitative estimate of drug-likeness (QED) is 0.580. The molecule has 19 heavy (non-hydrogen) atoms. The van der Waals surface area contributed by atoms with Crippen LogP contribution in [-0.4, -0.2) is 23.1 Å². The lowest BCUT2D eigenvalue weighted by molar-refractivity contribution is -0.154. The van der Waals surface area contributed by atoms with E-state index in [1.165, 1.54) is 4.99 Å². The fourth-order valence-electron chi connectivity index (χ4n) is 1.17. The highest BCUT2D eigenvalue weighted by Crippen LogP contribution is 2.17. The molecule has 0 spiro atoms. The molecule has 0 unspecified atom stereocenters. The standard InChI is InChI=1S/C14H23BrO4/c1-13(2,3)18-11(16)8-7-10(9-15)12(17)19-14(4,5)6/h9H,7-8H2,1-6H3/b10-9+. The van der Waals surface area contributed by atoms with Gasteiger partial charge in [0.25, 0.3) is 0 Å². The predicted molar refractivity (Wildman–Crippen MR) is 77.9 cm³/mol. The van der Waals surface area contributed by atoms with Gasteiger partial charge >= 0.3 is 11.9 Å². The molecule has 0 saturated heterocycles. The molecular weight excluding hydrogens is 312 g/mol. The van der Waals surface area contributed by atoms with Gasteiger partial charge < -0.3 is 9.47 Å². The third-order valence-electron chi connectivity index (χ3n) is 1.81. The molecule has 110 valence electrons. The number of carbonyl (C=O) groups is 2. The van der Waals surface area contributed by atoms with E-state index in [4.69, 9.17) is 9.47 Å². The topological polar surface area (TPSA) is 52.6 Å². The van der Waals surface area contributed by atoms with E-state index in [1.54, 1.807) is 41.5 Å². The van der Waals surface area contributed by atoms with Crippen molar-refractivity contribution in [3.63, 3.8) is 0 Å². The minimum Gasteiger partial charge on any atom is -0.460 e. The van der Waals surface area contributed by atoms with Crippen LogP contribution >= 0.6 is 15.9 Å². The zero-order valence-corrected chi connectivity index (χ0v) is 14.1. The molecule has 0 aromatic rings. The first-order valence-corrected chi connectivity index (χ1v) is 7.10. The minimum absolute atomic E-state index is 0.147. The van der Waals surface area contributed by atoms with Gasteiger partial charge in [-0.15, -0.1) is 0 Å². The van der Waals surface area contributed by atoms with Gasteiger partial charge in [0.2, 0.25) is 0 Å². The van der Waals surface area contributed by atoms with E-state index in [9.17, 15) is 9.59 Å². The lowest BCUT2D eigenvalue weighted by Crippen LogP contribution is -2.26. The van der Waals surface area contributed by atoms with Crippen LogP contribution in [0.5, 0.6) is 0 Å². The van der Waals surface area contributed by atoms with Gasteiger partial charge in [-0.05, 0) is 52.9 Å². The molecule has 0 rings (SSSR count). The van der Waals surface area contributed by atoms with Gasteiger partial charge in [0.1, 0.15) is 11.2 Å². The monoisotopic (exact) mass is 334 g/mol. The number of halogens is 1. The average Bonchev–Trinajstić information content (AvgIpc) is 2.12. The van der Waals surface area contributed by atoms with Crippen molar-refractivity contribution in [2.75, 3.05) is 0 Å². The van der Waals surface area contributed by atoms with Crippen LogP contribution in [0.4, 0.5) is 0 Å². The summed E-state index contributed by atoms with van der Waals surface area (Å²) in [6.45, 7) is 10.8. The molecule has 0 aliphatic carbocycles. The van der Waals surface area contributed by atoms with Crippen molar-refractivity contribution in [2.45, 2.75) is 65.6 Å². The van der Waals surface area contributed by atoms with Crippen molar-refractivity contribution in [1.29, 1.82) is 0 Å². The zero-order chi connectivity index (χ0) is 15.3. The molecule has 0 aliphatic heterocycles. The van der Waals surface area contributed by atoms with Gasteiger partial charge in [0, 0.05) is 12.0 Å². The Hall–Kier alpha value is -0.840. The molecule has 0 saturated carbocycles. The van der Waals surface area contributed by atoms with Crippen molar-refractivity contribution >= 4 is 27.9 Å². The van der Waals surface area contributed by atoms with Gasteiger partial charge in [-0.1, -0.05) is 15.9 Å². The number of esters is 2. The molecule has 0 fully saturated rings. The van der Waals surface area contributed by atoms with Gasteiger partial charge in [-0.3, -0.25) is 4.79 Å². The van der Waals surface area contributed by atoms with Gasteiger partial charge in [0.15, 0.2) is 0 Å². The smallest absolute Gasteiger partial charge is 0.335 e. The van der Waals surface area contributed by atoms with Gasteiger partial charge in [0.05, 0.1) is 0 Å². The Bertz CT molecular complexity index is 359. The van der Waals surface area contributed by atoms with Crippen LogP contribution in [0.15, 0.2) is 10.6 Å². The molecule has 0 heterocycles. The van der Waals surface area contributed by atoms with E-state index in [2.05, 4.69) is 15.9 Å². The molecule has 0 aliphatic rings. The second-order valence-corrected chi connectivity index (χ2v) is 6.68. The van der Waals surface area contributed by atoms with Crippen LogP contribution in [0.3, 0.4) is 0 Å². The van der Waals surface area contributed by atoms with E-state index >= 15 is 0 Å². The molecule has 0 N–H and O–H groups in total. The Balaban J connectivity index is 4.37. The summed E-state index contributed by atoms with van der Waals surface area (Å²) in [5.74, 6) is -0.754. The highest BCUT2D eigenvalue weighted by atomic mass is 79.9. The summed E-state index contributed by atoms with van der Waals surface area (Å²) in [6, 6.07) is 0. The second-order valence-electron chi connectivity index (χ2n) is 6.22. The molecule has 5 heteroatoms. The Morgan fingerprint density at radius 1 is 0.947 bits per heavy atom. The maximum absolute atomic E-state index is 11.8. The summed E-state index contributed by atoms with van der Waals surface area (Å²) >= 11 is 3.12. The summed E-state index contributed by atoms with van der Waals surface area (Å²) in [7, 11) is 0. The van der Waals surface area contributed by atoms with Crippen molar-refractivity contribution < 1.29 is 19.1 Å². The molecular formula is C14H23BrO4. The van der Waals surface area contributed by atoms with Crippen LogP contribution in [0.2, 0.25) is 0 Å². The Morgan fingerprint density at radius 3 is 1.79 bits per heavy atom. The number of rotatable bonds is 4. The second kappa shape index (κ2) is 7.08. The van der Waals surface area contributed by atoms with Crippen LogP contribution in [0.1, 0.15) is 54.4 Å². The maximum atomic E-state index is 11.8. The predicted octanol–water partition coefficient (Wildman–Crippen LogP) is 3.73. The summed E-state index contributed by atoms with van der Waals surface area (Å²) in [4.78, 5) is 24.9. The molecule has 0 amide bonds. The SMILES string of the molecule is CC(C)(C)OC(=O)CC/C(=C\Br)C(=O)OC(C)(C)C. The van der Waals surface area contributed by atoms with Crippen LogP contribution in [0.25, 0.3) is 0 Å². The summed E-state index contributed by atoms with van der Waals surface area (Å²) in [5, 5.41) is 0. The summed E-state index contributed by atoms with van der Waals surface area (Å²) in [5.41, 5.74) is -0.647. The highest BCUT2D eigenvalue weighted by Gasteiger charge is 2.21. The Morgan fingerprint density at radius 2 is 1.42 bits per heavy atom. The van der Waals surface area contributed by atoms with E-state index in [0.29, 0.717) is 5.57 Å². The fourth-order valence-corrected chi connectivity index (χ4v) is 1.59. The Labute approximate surface area is 123 Å². The number of hydrogen-bond acceptors (Lipinski definition) is 4. The summed E-state index contributed by atoms with van der Waals surface area (Å²) in [6.07, 6.45) is 0.434. The normalized spacial score (nSPS) is 13.1. The van der Waals surface area contributed by atoms with Crippen molar-refractivity contribution in [1.82, 2.24) is 0 Å². The van der Waals surface area contributed by atoms with Crippen LogP contribution in [0, 0.1) is 0 Å². The number of carbonyl (C=O) groups excluding carboxylic acids is 2. The first kappa shape index (κ1) is 18.2. The van der Waals surface area contributed by atoms with Crippen LogP contribution in [-0.2, 0) is 19.1 Å². The number of ether oxygens (including phenoxy) is 2. The van der Waals surface area contributed by atoms with Gasteiger partial charge in [-0.2, -0.15) is 0 Å². The van der Waals surface area contributed by atoms with Crippen molar-refractivity contribution in [3.05, 3.63) is 10.6 Å². The Kier molecular flexibility index (Phi) is 6.77. The van der Waals surface area contributed by atoms with E-state index in [0.717, 1.165) is 0 Å². The first-order valence-electron chi connectivity index (χ1n) is 6.19. The van der Waals surface area contributed by atoms with E-state index in [1.807, 2.05) is 0 Å². The molecule has 0 atom stereocenters. The maximum Gasteiger partial charge on any atom is 0.335 e. The molecule has 0 aromatic heterocycles. The molecule has 0 aromatic carbocycles. The average molecular weight is 335 g/mol. The minimum atomic E-state index is -0.551. The van der Waals surface area contributed by atoms with Gasteiger partial charge in [-0.25, -0.2) is 4.79 Å². The molecule has 0 bridgehead atoms. The van der Waals surface area contributed by atoms with E-state index < -0.39 is 17.2 Å². The molecule has 4 nitrogen and oxygen atoms in total. The highest BCUT2D eigenvalue weighted by molar-refractivity contribution is 9.11. The van der Waals surface area contributed by atoms with Crippen LogP contribution < -0.4 is 0 Å². The third kappa shape index (κ3) is 9.70. The lowest BCUT2D eigenvalue weighted by atomic mass is 10.1. The van der Waals surface area contributed by atoms with Crippen molar-refractivity contribution in [3.8, 4) is 0 Å². The molecule has 0 radical (unpaired) electrons.